The van der Waals surface area contributed by atoms with E-state index in [1.807, 2.05) is 17.9 Å². The monoisotopic (exact) mass is 446 g/mol. The van der Waals surface area contributed by atoms with Crippen LogP contribution in [0.4, 0.5) is 15.9 Å². The van der Waals surface area contributed by atoms with Gasteiger partial charge in [0.25, 0.3) is 5.91 Å². The topological polar surface area (TPSA) is 134 Å². The minimum Gasteiger partial charge on any atom is -0.378 e. The molecule has 3 N–H and O–H groups in total. The molecule has 4 heterocycles. The Hall–Kier alpha value is -4.13. The summed E-state index contributed by atoms with van der Waals surface area (Å²) in [7, 11) is 0. The maximum absolute atomic E-state index is 15.1. The van der Waals surface area contributed by atoms with Crippen LogP contribution in [0.15, 0.2) is 42.9 Å². The molecule has 0 aromatic carbocycles. The molecule has 0 radical (unpaired) electrons. The number of carbonyl (C=O) groups is 1. The van der Waals surface area contributed by atoms with E-state index in [2.05, 4.69) is 25.3 Å². The van der Waals surface area contributed by atoms with Crippen molar-refractivity contribution < 1.29 is 9.18 Å². The molecular weight excluding hydrogens is 423 g/mol. The Morgan fingerprint density at radius 2 is 2.15 bits per heavy atom. The number of anilines is 2. The van der Waals surface area contributed by atoms with Gasteiger partial charge in [0.05, 0.1) is 41.5 Å². The van der Waals surface area contributed by atoms with Crippen LogP contribution < -0.4 is 16.0 Å². The van der Waals surface area contributed by atoms with Crippen LogP contribution in [-0.2, 0) is 6.42 Å². The van der Waals surface area contributed by atoms with Crippen LogP contribution in [0.1, 0.15) is 39.6 Å². The van der Waals surface area contributed by atoms with Crippen LogP contribution in [0.5, 0.6) is 0 Å². The number of nitrogens with one attached hydrogen (secondary N) is 1. The van der Waals surface area contributed by atoms with Gasteiger partial charge in [-0.1, -0.05) is 0 Å². The van der Waals surface area contributed by atoms with Crippen molar-refractivity contribution in [3.05, 3.63) is 71.2 Å². The molecule has 0 bridgehead atoms. The second-order valence-electron chi connectivity index (χ2n) is 7.89. The lowest BCUT2D eigenvalue weighted by molar-refractivity contribution is 0.100. The van der Waals surface area contributed by atoms with Crippen LogP contribution >= 0.6 is 0 Å². The molecule has 2 atom stereocenters. The highest BCUT2D eigenvalue weighted by Gasteiger charge is 2.30. The lowest BCUT2D eigenvalue weighted by Crippen LogP contribution is -2.48. The maximum atomic E-state index is 15.1. The number of pyridine rings is 2. The quantitative estimate of drug-likeness (QED) is 0.588. The maximum Gasteiger partial charge on any atom is 0.252 e. The molecular formula is C23H23FN8O. The van der Waals surface area contributed by atoms with Gasteiger partial charge in [-0.05, 0) is 37.6 Å². The second-order valence-corrected chi connectivity index (χ2v) is 7.89. The highest BCUT2D eigenvalue weighted by Crippen LogP contribution is 2.25. The van der Waals surface area contributed by atoms with Crippen LogP contribution in [0.25, 0.3) is 0 Å². The zero-order valence-electron chi connectivity index (χ0n) is 18.1. The molecule has 0 unspecified atom stereocenters. The van der Waals surface area contributed by atoms with E-state index < -0.39 is 18.1 Å². The van der Waals surface area contributed by atoms with Crippen molar-refractivity contribution in [3.8, 4) is 6.07 Å². The van der Waals surface area contributed by atoms with Gasteiger partial charge in [0.15, 0.2) is 0 Å². The van der Waals surface area contributed by atoms with Crippen molar-refractivity contribution in [3.63, 3.8) is 0 Å². The summed E-state index contributed by atoms with van der Waals surface area (Å²) in [6.45, 7) is 2.58. The number of rotatable bonds is 6. The Morgan fingerprint density at radius 1 is 1.30 bits per heavy atom. The van der Waals surface area contributed by atoms with Crippen LogP contribution in [0, 0.1) is 18.3 Å². The van der Waals surface area contributed by atoms with Gasteiger partial charge < -0.3 is 16.0 Å². The summed E-state index contributed by atoms with van der Waals surface area (Å²) in [5.74, 6) is 0.585. The largest absolute Gasteiger partial charge is 0.378 e. The molecule has 1 aliphatic rings. The normalized spacial score (nSPS) is 17.9. The smallest absolute Gasteiger partial charge is 0.252 e. The van der Waals surface area contributed by atoms with Gasteiger partial charge in [-0.2, -0.15) is 5.26 Å². The molecule has 0 aliphatic carbocycles. The number of nitriles is 1. The molecule has 1 amide bonds. The van der Waals surface area contributed by atoms with E-state index in [1.165, 1.54) is 12.4 Å². The number of halogens is 1. The fourth-order valence-electron chi connectivity index (χ4n) is 3.77. The van der Waals surface area contributed by atoms with Crippen molar-refractivity contribution in [2.45, 2.75) is 32.0 Å². The van der Waals surface area contributed by atoms with Crippen molar-refractivity contribution in [2.75, 3.05) is 23.3 Å². The number of piperidine rings is 1. The molecule has 168 valence electrons. The van der Waals surface area contributed by atoms with E-state index in [1.54, 1.807) is 30.5 Å². The number of carbonyl (C=O) groups excluding carboxylic acids is 1. The number of primary amides is 1. The first-order valence-corrected chi connectivity index (χ1v) is 10.5. The summed E-state index contributed by atoms with van der Waals surface area (Å²) < 4.78 is 15.1. The van der Waals surface area contributed by atoms with Gasteiger partial charge in [-0.15, -0.1) is 0 Å². The van der Waals surface area contributed by atoms with Gasteiger partial charge >= 0.3 is 0 Å². The summed E-state index contributed by atoms with van der Waals surface area (Å²) in [6.07, 6.45) is 4.20. The molecule has 33 heavy (non-hydrogen) atoms. The number of aromatic nitrogens is 4. The predicted octanol–water partition coefficient (Wildman–Crippen LogP) is 2.17. The Morgan fingerprint density at radius 3 is 2.82 bits per heavy atom. The minimum absolute atomic E-state index is 0.136. The zero-order valence-corrected chi connectivity index (χ0v) is 18.1. The molecule has 9 nitrogen and oxygen atoms in total. The van der Waals surface area contributed by atoms with E-state index >= 15 is 4.39 Å². The third-order valence-electron chi connectivity index (χ3n) is 5.49. The summed E-state index contributed by atoms with van der Waals surface area (Å²) in [5.41, 5.74) is 8.10. The van der Waals surface area contributed by atoms with E-state index in [0.29, 0.717) is 48.0 Å². The van der Waals surface area contributed by atoms with Crippen LogP contribution in [-0.4, -0.2) is 51.1 Å². The Balaban J connectivity index is 1.49. The number of alkyl halides is 1. The molecule has 4 rings (SSSR count). The molecule has 1 aliphatic heterocycles. The summed E-state index contributed by atoms with van der Waals surface area (Å²) >= 11 is 0. The van der Waals surface area contributed by atoms with Crippen molar-refractivity contribution >= 4 is 17.4 Å². The van der Waals surface area contributed by atoms with E-state index in [9.17, 15) is 4.79 Å². The Bertz CT molecular complexity index is 1190. The van der Waals surface area contributed by atoms with Gasteiger partial charge in [-0.3, -0.25) is 9.78 Å². The average Bonchev–Trinajstić information content (AvgIpc) is 2.80. The second kappa shape index (κ2) is 9.56. The summed E-state index contributed by atoms with van der Waals surface area (Å²) in [5, 5.41) is 12.1. The first kappa shape index (κ1) is 22.1. The molecule has 1 fully saturated rings. The summed E-state index contributed by atoms with van der Waals surface area (Å²) in [6, 6.07) is 8.40. The van der Waals surface area contributed by atoms with Crippen molar-refractivity contribution in [2.24, 2.45) is 5.73 Å². The minimum atomic E-state index is -1.21. The number of amides is 1. The molecule has 0 spiro atoms. The van der Waals surface area contributed by atoms with Crippen molar-refractivity contribution in [1.82, 2.24) is 19.9 Å². The van der Waals surface area contributed by atoms with Crippen LogP contribution in [0.2, 0.25) is 0 Å². The van der Waals surface area contributed by atoms with Gasteiger partial charge in [0.1, 0.15) is 23.9 Å². The molecule has 0 saturated carbocycles. The lowest BCUT2D eigenvalue weighted by Gasteiger charge is -2.36. The Kier molecular flexibility index (Phi) is 6.40. The van der Waals surface area contributed by atoms with Gasteiger partial charge in [0, 0.05) is 30.8 Å². The van der Waals surface area contributed by atoms with E-state index in [4.69, 9.17) is 11.0 Å². The molecule has 10 heteroatoms. The molecule has 3 aromatic rings. The zero-order chi connectivity index (χ0) is 23.4. The average molecular weight is 446 g/mol. The highest BCUT2D eigenvalue weighted by molar-refractivity contribution is 5.98. The number of aryl methyl sites for hydroxylation is 1. The number of nitrogens with two attached hydrogens (primary N) is 1. The van der Waals surface area contributed by atoms with E-state index in [-0.39, 0.29) is 12.1 Å². The van der Waals surface area contributed by atoms with Gasteiger partial charge in [-0.25, -0.2) is 19.3 Å². The molecule has 3 aromatic heterocycles. The SMILES string of the molecule is Cc1ccnc(Cc2cc(N[C@@H]3CCN(c4ccc(C#N)cn4)C[C@@H]3F)c(C(N)=O)cn2)n1. The Labute approximate surface area is 190 Å². The standard InChI is InChI=1S/C23H23FN8O/c1-14-4-6-27-21(30-14)9-16-8-20(17(12-28-16)23(26)33)31-19-5-7-32(13-18(19)24)22-3-2-15(10-25)11-29-22/h2-4,6,8,11-12,18-19H,5,7,9,13H2,1H3,(H2,26,33)(H,28,31)/t18-,19+/m0/s1. The number of hydrogen-bond donors (Lipinski definition) is 2. The number of nitrogens with zero attached hydrogens (tertiary/aromatic N) is 6. The third kappa shape index (κ3) is 5.20. The third-order valence-corrected chi connectivity index (χ3v) is 5.49. The first-order chi connectivity index (χ1) is 15.9. The fraction of sp³-hybridized carbons (Fsp3) is 0.304. The highest BCUT2D eigenvalue weighted by atomic mass is 19.1. The molecule has 1 saturated heterocycles. The van der Waals surface area contributed by atoms with E-state index in [0.717, 1.165) is 5.69 Å². The predicted molar refractivity (Wildman–Crippen MR) is 120 cm³/mol. The summed E-state index contributed by atoms with van der Waals surface area (Å²) in [4.78, 5) is 31.0. The first-order valence-electron chi connectivity index (χ1n) is 10.5. The fourth-order valence-corrected chi connectivity index (χ4v) is 3.77. The van der Waals surface area contributed by atoms with Crippen LogP contribution in [0.3, 0.4) is 0 Å². The van der Waals surface area contributed by atoms with Crippen molar-refractivity contribution in [1.29, 1.82) is 5.26 Å². The lowest BCUT2D eigenvalue weighted by atomic mass is 10.0. The number of hydrogen-bond acceptors (Lipinski definition) is 8. The van der Waals surface area contributed by atoms with Gasteiger partial charge in [0.2, 0.25) is 0 Å².